The van der Waals surface area contributed by atoms with Gasteiger partial charge in [0, 0.05) is 37.1 Å². The summed E-state index contributed by atoms with van der Waals surface area (Å²) in [4.78, 5) is 2.46. The van der Waals surface area contributed by atoms with Gasteiger partial charge in [0.2, 0.25) is 0 Å². The van der Waals surface area contributed by atoms with Crippen molar-refractivity contribution in [2.75, 3.05) is 4.90 Å². The molecule has 0 spiro atoms. The molecule has 0 N–H and O–H groups in total. The molecule has 2 heteroatoms. The van der Waals surface area contributed by atoms with Crippen LogP contribution in [-0.2, 0) is 0 Å². The van der Waals surface area contributed by atoms with E-state index in [2.05, 4.69) is 229 Å². The molecule has 0 unspecified atom stereocenters. The third-order valence-corrected chi connectivity index (χ3v) is 12.7. The molecule has 0 saturated carbocycles. The van der Waals surface area contributed by atoms with E-state index in [-0.39, 0.29) is 0 Å². The van der Waals surface area contributed by atoms with Crippen LogP contribution in [0.15, 0.2) is 224 Å². The van der Waals surface area contributed by atoms with E-state index in [4.69, 9.17) is 0 Å². The Kier molecular flexibility index (Phi) is 8.42. The standard InChI is InChI=1S/C56H37NS/c1-3-15-38(16-4-1)39-29-32-44(33-30-39)57(45-21-13-20-41(35-45)48-26-14-27-52-51-25-11-12-28-55(51)58-56(48)52)54-37-43(31-34-47(54)40-17-5-2-6-18-40)53-36-42-19-7-8-22-46(42)49-23-9-10-24-50(49)53/h1-37H. The SMILES string of the molecule is c1ccc(-c2ccc(N(c3cccc(-c4cccc5c4sc4ccccc45)c3)c3cc(-c4cc5ccccc5c5ccccc45)ccc3-c3ccccc3)cc2)cc1. The average molecular weight is 756 g/mol. The van der Waals surface area contributed by atoms with E-state index in [0.717, 1.165) is 17.1 Å². The molecule has 1 aromatic heterocycles. The zero-order chi connectivity index (χ0) is 38.4. The van der Waals surface area contributed by atoms with Crippen LogP contribution in [0.5, 0.6) is 0 Å². The molecule has 11 aromatic rings. The van der Waals surface area contributed by atoms with Gasteiger partial charge in [-0.2, -0.15) is 0 Å². The molecule has 58 heavy (non-hydrogen) atoms. The first kappa shape index (κ1) is 34.0. The Morgan fingerprint density at radius 2 is 0.879 bits per heavy atom. The lowest BCUT2D eigenvalue weighted by Crippen LogP contribution is -2.11. The van der Waals surface area contributed by atoms with E-state index in [0.29, 0.717) is 0 Å². The molecule has 0 amide bonds. The van der Waals surface area contributed by atoms with E-state index in [9.17, 15) is 0 Å². The Balaban J connectivity index is 1.16. The molecule has 0 bridgehead atoms. The lowest BCUT2D eigenvalue weighted by atomic mass is 9.91. The van der Waals surface area contributed by atoms with Crippen molar-refractivity contribution in [3.05, 3.63) is 224 Å². The fraction of sp³-hybridized carbons (Fsp3) is 0. The van der Waals surface area contributed by atoms with Gasteiger partial charge < -0.3 is 4.90 Å². The maximum Gasteiger partial charge on any atom is 0.0546 e. The number of anilines is 3. The van der Waals surface area contributed by atoms with Gasteiger partial charge in [-0.15, -0.1) is 11.3 Å². The normalized spacial score (nSPS) is 11.4. The van der Waals surface area contributed by atoms with Gasteiger partial charge in [0.15, 0.2) is 0 Å². The van der Waals surface area contributed by atoms with Crippen LogP contribution in [-0.4, -0.2) is 0 Å². The fourth-order valence-corrected chi connectivity index (χ4v) is 9.93. The number of thiophene rings is 1. The number of hydrogen-bond donors (Lipinski definition) is 0. The molecule has 0 aliphatic carbocycles. The Labute approximate surface area is 342 Å². The summed E-state index contributed by atoms with van der Waals surface area (Å²) in [6.45, 7) is 0. The molecule has 1 heterocycles. The molecule has 272 valence electrons. The monoisotopic (exact) mass is 755 g/mol. The van der Waals surface area contributed by atoms with Crippen LogP contribution in [0.25, 0.3) is 86.2 Å². The van der Waals surface area contributed by atoms with Crippen LogP contribution in [0.1, 0.15) is 0 Å². The first-order valence-corrected chi connectivity index (χ1v) is 20.7. The van der Waals surface area contributed by atoms with E-state index < -0.39 is 0 Å². The molecule has 11 rings (SSSR count). The molecule has 0 aliphatic rings. The second-order valence-corrected chi connectivity index (χ2v) is 15.9. The molecule has 1 nitrogen and oxygen atoms in total. The fourth-order valence-electron chi connectivity index (χ4n) is 8.69. The van der Waals surface area contributed by atoms with Gasteiger partial charge in [-0.05, 0) is 103 Å². The number of hydrogen-bond acceptors (Lipinski definition) is 2. The van der Waals surface area contributed by atoms with Crippen LogP contribution in [0.4, 0.5) is 17.1 Å². The van der Waals surface area contributed by atoms with Crippen molar-refractivity contribution in [1.82, 2.24) is 0 Å². The second kappa shape index (κ2) is 14.4. The third kappa shape index (κ3) is 5.94. The summed E-state index contributed by atoms with van der Waals surface area (Å²) >= 11 is 1.88. The van der Waals surface area contributed by atoms with Crippen LogP contribution in [0, 0.1) is 0 Å². The minimum atomic E-state index is 1.09. The number of fused-ring (bicyclic) bond motifs is 6. The van der Waals surface area contributed by atoms with Crippen LogP contribution >= 0.6 is 11.3 Å². The van der Waals surface area contributed by atoms with Gasteiger partial charge in [0.25, 0.3) is 0 Å². The van der Waals surface area contributed by atoms with Crippen molar-refractivity contribution in [3.8, 4) is 44.5 Å². The van der Waals surface area contributed by atoms with Gasteiger partial charge in [0.05, 0.1) is 5.69 Å². The molecular formula is C56H37NS. The zero-order valence-electron chi connectivity index (χ0n) is 31.7. The highest BCUT2D eigenvalue weighted by atomic mass is 32.1. The highest BCUT2D eigenvalue weighted by molar-refractivity contribution is 7.26. The molecule has 0 atom stereocenters. The average Bonchev–Trinajstić information content (AvgIpc) is 3.69. The van der Waals surface area contributed by atoms with Crippen molar-refractivity contribution in [2.45, 2.75) is 0 Å². The lowest BCUT2D eigenvalue weighted by Gasteiger charge is -2.29. The van der Waals surface area contributed by atoms with Gasteiger partial charge >= 0.3 is 0 Å². The number of nitrogens with zero attached hydrogens (tertiary/aromatic N) is 1. The minimum absolute atomic E-state index is 1.09. The Morgan fingerprint density at radius 1 is 0.293 bits per heavy atom. The molecule has 0 radical (unpaired) electrons. The largest absolute Gasteiger partial charge is 0.310 e. The smallest absolute Gasteiger partial charge is 0.0546 e. The van der Waals surface area contributed by atoms with E-state index >= 15 is 0 Å². The maximum atomic E-state index is 2.46. The van der Waals surface area contributed by atoms with Gasteiger partial charge in [-0.3, -0.25) is 0 Å². The second-order valence-electron chi connectivity index (χ2n) is 14.9. The summed E-state index contributed by atoms with van der Waals surface area (Å²) in [5.74, 6) is 0. The maximum absolute atomic E-state index is 2.46. The van der Waals surface area contributed by atoms with Crippen molar-refractivity contribution < 1.29 is 0 Å². The third-order valence-electron chi connectivity index (χ3n) is 11.5. The van der Waals surface area contributed by atoms with E-state index in [1.54, 1.807) is 0 Å². The highest BCUT2D eigenvalue weighted by Gasteiger charge is 2.21. The highest BCUT2D eigenvalue weighted by Crippen LogP contribution is 2.47. The van der Waals surface area contributed by atoms with Crippen molar-refractivity contribution >= 4 is 70.1 Å². The topological polar surface area (TPSA) is 3.24 Å². The van der Waals surface area contributed by atoms with Crippen LogP contribution < -0.4 is 4.90 Å². The Bertz CT molecular complexity index is 3270. The molecular weight excluding hydrogens is 719 g/mol. The summed E-state index contributed by atoms with van der Waals surface area (Å²) in [6, 6.07) is 82.0. The van der Waals surface area contributed by atoms with Crippen LogP contribution in [0.3, 0.4) is 0 Å². The quantitative estimate of drug-likeness (QED) is 0.146. The van der Waals surface area contributed by atoms with Gasteiger partial charge in [0.1, 0.15) is 0 Å². The van der Waals surface area contributed by atoms with E-state index in [1.165, 1.54) is 86.2 Å². The summed E-state index contributed by atoms with van der Waals surface area (Å²) in [6.07, 6.45) is 0. The molecule has 0 saturated heterocycles. The molecule has 0 aliphatic heterocycles. The summed E-state index contributed by atoms with van der Waals surface area (Å²) in [5.41, 5.74) is 12.9. The van der Waals surface area contributed by atoms with Gasteiger partial charge in [-0.25, -0.2) is 0 Å². The Hall–Kier alpha value is -7.26. The van der Waals surface area contributed by atoms with Crippen molar-refractivity contribution in [1.29, 1.82) is 0 Å². The minimum Gasteiger partial charge on any atom is -0.310 e. The molecule has 10 aromatic carbocycles. The Morgan fingerprint density at radius 3 is 1.69 bits per heavy atom. The summed E-state index contributed by atoms with van der Waals surface area (Å²) in [5, 5.41) is 7.64. The van der Waals surface area contributed by atoms with E-state index in [1.807, 2.05) is 11.3 Å². The van der Waals surface area contributed by atoms with Crippen molar-refractivity contribution in [2.24, 2.45) is 0 Å². The lowest BCUT2D eigenvalue weighted by molar-refractivity contribution is 1.28. The summed E-state index contributed by atoms with van der Waals surface area (Å²) in [7, 11) is 0. The number of benzene rings is 10. The van der Waals surface area contributed by atoms with Gasteiger partial charge in [-0.1, -0.05) is 182 Å². The summed E-state index contributed by atoms with van der Waals surface area (Å²) < 4.78 is 2.63. The zero-order valence-corrected chi connectivity index (χ0v) is 32.5. The predicted octanol–water partition coefficient (Wildman–Crippen LogP) is 16.5. The predicted molar refractivity (Wildman–Crippen MR) is 251 cm³/mol. The molecule has 0 fully saturated rings. The van der Waals surface area contributed by atoms with Crippen LogP contribution in [0.2, 0.25) is 0 Å². The number of rotatable bonds is 7. The first-order chi connectivity index (χ1) is 28.8. The first-order valence-electron chi connectivity index (χ1n) is 19.8. The van der Waals surface area contributed by atoms with Crippen molar-refractivity contribution in [3.63, 3.8) is 0 Å².